The van der Waals surface area contributed by atoms with Gasteiger partial charge in [-0.15, -0.1) is 0 Å². The molecule has 2 rings (SSSR count). The van der Waals surface area contributed by atoms with E-state index in [1.54, 1.807) is 0 Å². The lowest BCUT2D eigenvalue weighted by atomic mass is 9.79. The molecule has 1 aliphatic heterocycles. The Morgan fingerprint density at radius 3 is 2.61 bits per heavy atom. The third-order valence-electron chi connectivity index (χ3n) is 4.09. The summed E-state index contributed by atoms with van der Waals surface area (Å²) < 4.78 is 0. The standard InChI is InChI=1S/C16H26N2/c1-11(2)18-15-7-6-13(10-17)8-14(15)12(3)9-16(18,4)5/h6-8,11-12H,9-10,17H2,1-5H3. The second-order valence-corrected chi connectivity index (χ2v) is 6.48. The van der Waals surface area contributed by atoms with Gasteiger partial charge in [-0.25, -0.2) is 0 Å². The maximum absolute atomic E-state index is 5.76. The largest absolute Gasteiger partial charge is 0.364 e. The van der Waals surface area contributed by atoms with E-state index in [1.165, 1.54) is 23.2 Å². The van der Waals surface area contributed by atoms with Gasteiger partial charge >= 0.3 is 0 Å². The first-order chi connectivity index (χ1) is 8.36. The summed E-state index contributed by atoms with van der Waals surface area (Å²) in [6, 6.07) is 7.25. The summed E-state index contributed by atoms with van der Waals surface area (Å²) in [5, 5.41) is 0. The third kappa shape index (κ3) is 2.14. The van der Waals surface area contributed by atoms with Crippen LogP contribution in [0.15, 0.2) is 18.2 Å². The van der Waals surface area contributed by atoms with E-state index in [0.717, 1.165) is 0 Å². The summed E-state index contributed by atoms with van der Waals surface area (Å²) in [5.74, 6) is 0.608. The smallest absolute Gasteiger partial charge is 0.0408 e. The van der Waals surface area contributed by atoms with Crippen LogP contribution in [0, 0.1) is 0 Å². The van der Waals surface area contributed by atoms with E-state index in [4.69, 9.17) is 5.73 Å². The van der Waals surface area contributed by atoms with Gasteiger partial charge in [0.15, 0.2) is 0 Å². The highest BCUT2D eigenvalue weighted by Crippen LogP contribution is 2.44. The van der Waals surface area contributed by atoms with E-state index in [2.05, 4.69) is 57.7 Å². The van der Waals surface area contributed by atoms with E-state index in [1.807, 2.05) is 0 Å². The lowest BCUT2D eigenvalue weighted by molar-refractivity contribution is 0.356. The highest BCUT2D eigenvalue weighted by atomic mass is 15.2. The van der Waals surface area contributed by atoms with Crippen LogP contribution in [-0.4, -0.2) is 11.6 Å². The Bertz CT molecular complexity index is 435. The number of nitrogens with zero attached hydrogens (tertiary/aromatic N) is 1. The van der Waals surface area contributed by atoms with Crippen LogP contribution in [0.3, 0.4) is 0 Å². The van der Waals surface area contributed by atoms with Crippen molar-refractivity contribution in [3.8, 4) is 0 Å². The van der Waals surface area contributed by atoms with Gasteiger partial charge in [0.2, 0.25) is 0 Å². The molecule has 1 aromatic rings. The van der Waals surface area contributed by atoms with Crippen LogP contribution in [0.2, 0.25) is 0 Å². The first-order valence-electron chi connectivity index (χ1n) is 6.99. The van der Waals surface area contributed by atoms with Crippen molar-refractivity contribution in [1.82, 2.24) is 0 Å². The quantitative estimate of drug-likeness (QED) is 0.863. The summed E-state index contributed by atoms with van der Waals surface area (Å²) in [4.78, 5) is 2.56. The molecule has 0 radical (unpaired) electrons. The van der Waals surface area contributed by atoms with E-state index >= 15 is 0 Å². The molecule has 1 unspecified atom stereocenters. The summed E-state index contributed by atoms with van der Waals surface area (Å²) in [6.07, 6.45) is 1.20. The zero-order valence-corrected chi connectivity index (χ0v) is 12.3. The zero-order valence-electron chi connectivity index (χ0n) is 12.3. The molecule has 0 aliphatic carbocycles. The maximum Gasteiger partial charge on any atom is 0.0408 e. The van der Waals surface area contributed by atoms with Crippen LogP contribution in [0.1, 0.15) is 58.1 Å². The molecule has 0 spiro atoms. The predicted octanol–water partition coefficient (Wildman–Crippen LogP) is 3.65. The molecule has 18 heavy (non-hydrogen) atoms. The Labute approximate surface area is 111 Å². The molecule has 0 fully saturated rings. The van der Waals surface area contributed by atoms with Crippen molar-refractivity contribution in [1.29, 1.82) is 0 Å². The molecule has 0 saturated carbocycles. The number of nitrogens with two attached hydrogens (primary N) is 1. The van der Waals surface area contributed by atoms with Crippen LogP contribution in [0.5, 0.6) is 0 Å². The van der Waals surface area contributed by atoms with Crippen LogP contribution in [-0.2, 0) is 6.54 Å². The highest BCUT2D eigenvalue weighted by Gasteiger charge is 2.37. The van der Waals surface area contributed by atoms with Gasteiger partial charge in [0.1, 0.15) is 0 Å². The minimum absolute atomic E-state index is 0.227. The average Bonchev–Trinajstić information content (AvgIpc) is 2.26. The monoisotopic (exact) mass is 246 g/mol. The molecule has 1 aliphatic rings. The van der Waals surface area contributed by atoms with E-state index in [9.17, 15) is 0 Å². The van der Waals surface area contributed by atoms with Gasteiger partial charge in [-0.2, -0.15) is 0 Å². The van der Waals surface area contributed by atoms with Crippen molar-refractivity contribution in [2.45, 2.75) is 65.1 Å². The summed E-state index contributed by atoms with van der Waals surface area (Å²) in [7, 11) is 0. The molecule has 0 aromatic heterocycles. The number of anilines is 1. The van der Waals surface area contributed by atoms with Gasteiger partial charge in [-0.1, -0.05) is 19.1 Å². The van der Waals surface area contributed by atoms with Gasteiger partial charge in [0, 0.05) is 23.8 Å². The Morgan fingerprint density at radius 2 is 2.06 bits per heavy atom. The molecular formula is C16H26N2. The van der Waals surface area contributed by atoms with Crippen LogP contribution < -0.4 is 10.6 Å². The van der Waals surface area contributed by atoms with Crippen molar-refractivity contribution >= 4 is 5.69 Å². The van der Waals surface area contributed by atoms with Crippen molar-refractivity contribution in [3.63, 3.8) is 0 Å². The molecule has 0 saturated heterocycles. The molecule has 0 amide bonds. The van der Waals surface area contributed by atoms with Gasteiger partial charge in [0.05, 0.1) is 0 Å². The predicted molar refractivity (Wildman–Crippen MR) is 79.1 cm³/mol. The van der Waals surface area contributed by atoms with Crippen molar-refractivity contribution in [2.75, 3.05) is 4.90 Å². The topological polar surface area (TPSA) is 29.3 Å². The number of rotatable bonds is 2. The fourth-order valence-corrected chi connectivity index (χ4v) is 3.61. The maximum atomic E-state index is 5.76. The molecule has 1 heterocycles. The van der Waals surface area contributed by atoms with Crippen molar-refractivity contribution in [3.05, 3.63) is 29.3 Å². The van der Waals surface area contributed by atoms with Crippen LogP contribution >= 0.6 is 0 Å². The van der Waals surface area contributed by atoms with Crippen LogP contribution in [0.4, 0.5) is 5.69 Å². The number of hydrogen-bond acceptors (Lipinski definition) is 2. The molecule has 0 bridgehead atoms. The normalized spacial score (nSPS) is 22.2. The van der Waals surface area contributed by atoms with E-state index in [0.29, 0.717) is 18.5 Å². The Hall–Kier alpha value is -1.02. The Morgan fingerprint density at radius 1 is 1.39 bits per heavy atom. The number of hydrogen-bond donors (Lipinski definition) is 1. The minimum atomic E-state index is 0.227. The lowest BCUT2D eigenvalue weighted by Crippen LogP contribution is -2.51. The molecule has 2 heteroatoms. The number of benzene rings is 1. The number of fused-ring (bicyclic) bond motifs is 1. The fraction of sp³-hybridized carbons (Fsp3) is 0.625. The molecule has 2 nitrogen and oxygen atoms in total. The molecule has 100 valence electrons. The van der Waals surface area contributed by atoms with Gasteiger partial charge < -0.3 is 10.6 Å². The highest BCUT2D eigenvalue weighted by molar-refractivity contribution is 5.61. The second-order valence-electron chi connectivity index (χ2n) is 6.48. The molecule has 1 atom stereocenters. The van der Waals surface area contributed by atoms with E-state index < -0.39 is 0 Å². The Balaban J connectivity index is 2.54. The molecule has 2 N–H and O–H groups in total. The average molecular weight is 246 g/mol. The van der Waals surface area contributed by atoms with Crippen molar-refractivity contribution < 1.29 is 0 Å². The molecule has 1 aromatic carbocycles. The zero-order chi connectivity index (χ0) is 13.5. The molecular weight excluding hydrogens is 220 g/mol. The van der Waals surface area contributed by atoms with Crippen molar-refractivity contribution in [2.24, 2.45) is 5.73 Å². The summed E-state index contributed by atoms with van der Waals surface area (Å²) in [6.45, 7) is 12.2. The first-order valence-corrected chi connectivity index (χ1v) is 6.99. The second kappa shape index (κ2) is 4.58. The van der Waals surface area contributed by atoms with Crippen LogP contribution in [0.25, 0.3) is 0 Å². The summed E-state index contributed by atoms with van der Waals surface area (Å²) in [5.41, 5.74) is 10.1. The first kappa shape index (κ1) is 13.4. The SMILES string of the molecule is CC1CC(C)(C)N(C(C)C)c2ccc(CN)cc21. The summed E-state index contributed by atoms with van der Waals surface area (Å²) >= 11 is 0. The van der Waals surface area contributed by atoms with Gasteiger partial charge in [0.25, 0.3) is 0 Å². The van der Waals surface area contributed by atoms with E-state index in [-0.39, 0.29) is 5.54 Å². The Kier molecular flexibility index (Phi) is 3.41. The minimum Gasteiger partial charge on any atom is -0.364 e. The van der Waals surface area contributed by atoms with Gasteiger partial charge in [-0.3, -0.25) is 0 Å². The fourth-order valence-electron chi connectivity index (χ4n) is 3.61. The third-order valence-corrected chi connectivity index (χ3v) is 4.09. The lowest BCUT2D eigenvalue weighted by Gasteiger charge is -2.50. The van der Waals surface area contributed by atoms with Gasteiger partial charge in [-0.05, 0) is 57.2 Å².